The van der Waals surface area contributed by atoms with Gasteiger partial charge in [-0.05, 0) is 18.9 Å². The van der Waals surface area contributed by atoms with Crippen molar-refractivity contribution in [3.05, 3.63) is 35.1 Å². The highest BCUT2D eigenvalue weighted by atomic mass is 19.2. The van der Waals surface area contributed by atoms with Crippen LogP contribution in [0.1, 0.15) is 32.3 Å². The molecule has 1 aromatic carbocycles. The summed E-state index contributed by atoms with van der Waals surface area (Å²) in [5.74, 6) is -4.34. The lowest BCUT2D eigenvalue weighted by molar-refractivity contribution is -0.125. The smallest absolute Gasteiger partial charge is 0.223 e. The van der Waals surface area contributed by atoms with Gasteiger partial charge >= 0.3 is 0 Å². The lowest BCUT2D eigenvalue weighted by Crippen LogP contribution is -2.30. The summed E-state index contributed by atoms with van der Waals surface area (Å²) in [6.07, 6.45) is 1.37. The maximum atomic E-state index is 13.3. The van der Waals surface area contributed by atoms with E-state index in [2.05, 4.69) is 5.32 Å². The van der Waals surface area contributed by atoms with Crippen LogP contribution in [0.2, 0.25) is 0 Å². The van der Waals surface area contributed by atoms with E-state index in [1.54, 1.807) is 0 Å². The van der Waals surface area contributed by atoms with E-state index in [9.17, 15) is 18.0 Å². The standard InChI is InChI=1S/C13H16F3NO/c1-3-8(4-2)13(18)17-7-9-5-6-10(14)12(16)11(9)15/h5-6,8H,3-4,7H2,1-2H3,(H,17,18). The Morgan fingerprint density at radius 3 is 2.33 bits per heavy atom. The SMILES string of the molecule is CCC(CC)C(=O)NCc1ccc(F)c(F)c1F. The third-order valence-electron chi connectivity index (χ3n) is 2.92. The Morgan fingerprint density at radius 2 is 1.78 bits per heavy atom. The number of nitrogens with one attached hydrogen (secondary N) is 1. The summed E-state index contributed by atoms with van der Waals surface area (Å²) in [6.45, 7) is 3.62. The maximum absolute atomic E-state index is 13.3. The molecule has 0 spiro atoms. The summed E-state index contributed by atoms with van der Waals surface area (Å²) in [5.41, 5.74) is -0.0618. The van der Waals surface area contributed by atoms with E-state index in [-0.39, 0.29) is 23.9 Å². The summed E-state index contributed by atoms with van der Waals surface area (Å²) >= 11 is 0. The first-order chi connectivity index (χ1) is 8.51. The van der Waals surface area contributed by atoms with Crippen molar-refractivity contribution < 1.29 is 18.0 Å². The normalized spacial score (nSPS) is 10.8. The highest BCUT2D eigenvalue weighted by molar-refractivity contribution is 5.78. The zero-order valence-corrected chi connectivity index (χ0v) is 10.4. The van der Waals surface area contributed by atoms with Crippen LogP contribution in [0, 0.1) is 23.4 Å². The number of hydrogen-bond acceptors (Lipinski definition) is 1. The van der Waals surface area contributed by atoms with Gasteiger partial charge in [-0.25, -0.2) is 13.2 Å². The maximum Gasteiger partial charge on any atom is 0.223 e. The van der Waals surface area contributed by atoms with Crippen molar-refractivity contribution in [3.63, 3.8) is 0 Å². The predicted octanol–water partition coefficient (Wildman–Crippen LogP) is 3.16. The molecule has 0 radical (unpaired) electrons. The van der Waals surface area contributed by atoms with Crippen LogP contribution in [0.3, 0.4) is 0 Å². The molecule has 2 nitrogen and oxygen atoms in total. The van der Waals surface area contributed by atoms with Gasteiger partial charge in [-0.1, -0.05) is 19.9 Å². The second-order valence-electron chi connectivity index (χ2n) is 4.07. The molecule has 18 heavy (non-hydrogen) atoms. The molecule has 1 rings (SSSR count). The van der Waals surface area contributed by atoms with Gasteiger partial charge in [-0.2, -0.15) is 0 Å². The zero-order chi connectivity index (χ0) is 13.7. The first-order valence-corrected chi connectivity index (χ1v) is 5.91. The topological polar surface area (TPSA) is 29.1 Å². The van der Waals surface area contributed by atoms with E-state index in [4.69, 9.17) is 0 Å². The lowest BCUT2D eigenvalue weighted by atomic mass is 10.0. The second kappa shape index (κ2) is 6.42. The number of amides is 1. The number of carbonyl (C=O) groups excluding carboxylic acids is 1. The molecular formula is C13H16F3NO. The molecule has 0 aliphatic heterocycles. The first-order valence-electron chi connectivity index (χ1n) is 5.91. The minimum atomic E-state index is -1.51. The lowest BCUT2D eigenvalue weighted by Gasteiger charge is -2.13. The Kier molecular flexibility index (Phi) is 5.19. The Balaban J connectivity index is 2.70. The van der Waals surface area contributed by atoms with Crippen LogP contribution >= 0.6 is 0 Å². The van der Waals surface area contributed by atoms with Crippen LogP contribution in [0.15, 0.2) is 12.1 Å². The molecule has 0 aliphatic rings. The van der Waals surface area contributed by atoms with E-state index in [0.717, 1.165) is 12.1 Å². The number of carbonyl (C=O) groups is 1. The first kappa shape index (κ1) is 14.5. The number of halogens is 3. The van der Waals surface area contributed by atoms with Crippen LogP contribution in [0.4, 0.5) is 13.2 Å². The summed E-state index contributed by atoms with van der Waals surface area (Å²) in [5, 5.41) is 2.52. The molecule has 1 amide bonds. The Hall–Kier alpha value is -1.52. The second-order valence-corrected chi connectivity index (χ2v) is 4.07. The summed E-state index contributed by atoms with van der Waals surface area (Å²) in [6, 6.07) is 1.97. The Bertz CT molecular complexity index is 430. The van der Waals surface area contributed by atoms with Crippen molar-refractivity contribution in [2.75, 3.05) is 0 Å². The molecule has 100 valence electrons. The van der Waals surface area contributed by atoms with Gasteiger partial charge in [0, 0.05) is 18.0 Å². The van der Waals surface area contributed by atoms with Crippen LogP contribution < -0.4 is 5.32 Å². The highest BCUT2D eigenvalue weighted by Crippen LogP contribution is 2.15. The summed E-state index contributed by atoms with van der Waals surface area (Å²) < 4.78 is 38.9. The van der Waals surface area contributed by atoms with Crippen molar-refractivity contribution in [2.45, 2.75) is 33.2 Å². The van der Waals surface area contributed by atoms with Gasteiger partial charge in [-0.3, -0.25) is 4.79 Å². The third kappa shape index (κ3) is 3.24. The average Bonchev–Trinajstić information content (AvgIpc) is 2.36. The summed E-state index contributed by atoms with van der Waals surface area (Å²) in [7, 11) is 0. The molecule has 1 aromatic rings. The molecule has 0 heterocycles. The number of hydrogen-bond donors (Lipinski definition) is 1. The third-order valence-corrected chi connectivity index (χ3v) is 2.92. The van der Waals surface area contributed by atoms with Crippen LogP contribution in [-0.4, -0.2) is 5.91 Å². The predicted molar refractivity (Wildman–Crippen MR) is 62.2 cm³/mol. The van der Waals surface area contributed by atoms with Gasteiger partial charge in [0.1, 0.15) is 0 Å². The molecule has 0 aromatic heterocycles. The molecule has 5 heteroatoms. The van der Waals surface area contributed by atoms with Crippen molar-refractivity contribution in [3.8, 4) is 0 Å². The minimum absolute atomic E-state index is 0.0618. The summed E-state index contributed by atoms with van der Waals surface area (Å²) in [4.78, 5) is 11.6. The van der Waals surface area contributed by atoms with Crippen molar-refractivity contribution in [1.29, 1.82) is 0 Å². The molecule has 0 saturated carbocycles. The van der Waals surface area contributed by atoms with Gasteiger partial charge in [0.25, 0.3) is 0 Å². The fraction of sp³-hybridized carbons (Fsp3) is 0.462. The highest BCUT2D eigenvalue weighted by Gasteiger charge is 2.16. The van der Waals surface area contributed by atoms with Gasteiger partial charge in [-0.15, -0.1) is 0 Å². The molecule has 0 fully saturated rings. The van der Waals surface area contributed by atoms with Crippen molar-refractivity contribution in [1.82, 2.24) is 5.32 Å². The van der Waals surface area contributed by atoms with Crippen LogP contribution in [0.25, 0.3) is 0 Å². The largest absolute Gasteiger partial charge is 0.352 e. The average molecular weight is 259 g/mol. The zero-order valence-electron chi connectivity index (χ0n) is 10.4. The van der Waals surface area contributed by atoms with E-state index in [1.165, 1.54) is 0 Å². The fourth-order valence-electron chi connectivity index (χ4n) is 1.69. The molecule has 0 atom stereocenters. The molecule has 0 unspecified atom stereocenters. The van der Waals surface area contributed by atoms with Gasteiger partial charge in [0.05, 0.1) is 0 Å². The van der Waals surface area contributed by atoms with Gasteiger partial charge in [0.2, 0.25) is 5.91 Å². The minimum Gasteiger partial charge on any atom is -0.352 e. The van der Waals surface area contributed by atoms with Crippen LogP contribution in [0.5, 0.6) is 0 Å². The molecule has 1 N–H and O–H groups in total. The van der Waals surface area contributed by atoms with Crippen molar-refractivity contribution in [2.24, 2.45) is 5.92 Å². The van der Waals surface area contributed by atoms with E-state index in [1.807, 2.05) is 13.8 Å². The molecule has 0 saturated heterocycles. The van der Waals surface area contributed by atoms with E-state index >= 15 is 0 Å². The number of rotatable bonds is 5. The van der Waals surface area contributed by atoms with Crippen molar-refractivity contribution >= 4 is 5.91 Å². The fourth-order valence-corrected chi connectivity index (χ4v) is 1.69. The molecule has 0 bridgehead atoms. The monoisotopic (exact) mass is 259 g/mol. The quantitative estimate of drug-likeness (QED) is 0.808. The Morgan fingerprint density at radius 1 is 1.17 bits per heavy atom. The van der Waals surface area contributed by atoms with Crippen LogP contribution in [-0.2, 0) is 11.3 Å². The Labute approximate surface area is 104 Å². The van der Waals surface area contributed by atoms with E-state index < -0.39 is 17.5 Å². The van der Waals surface area contributed by atoms with E-state index in [0.29, 0.717) is 12.8 Å². The van der Waals surface area contributed by atoms with Gasteiger partial charge in [0.15, 0.2) is 17.5 Å². The number of benzene rings is 1. The molecule has 0 aliphatic carbocycles. The van der Waals surface area contributed by atoms with Gasteiger partial charge < -0.3 is 5.32 Å². The molecular weight excluding hydrogens is 243 g/mol.